The molecule has 1 aromatic carbocycles. The monoisotopic (exact) mass is 348 g/mol. The van der Waals surface area contributed by atoms with E-state index in [2.05, 4.69) is 6.92 Å². The summed E-state index contributed by atoms with van der Waals surface area (Å²) in [6.07, 6.45) is 2.90. The lowest BCUT2D eigenvalue weighted by molar-refractivity contribution is 0.0667. The highest BCUT2D eigenvalue weighted by Crippen LogP contribution is 2.60. The van der Waals surface area contributed by atoms with Crippen molar-refractivity contribution < 1.29 is 24.3 Å². The third kappa shape index (κ3) is 2.83. The van der Waals surface area contributed by atoms with Crippen molar-refractivity contribution in [1.82, 2.24) is 0 Å². The number of hydrogen-bond donors (Lipinski definition) is 2. The highest BCUT2D eigenvalue weighted by Gasteiger charge is 2.54. The van der Waals surface area contributed by atoms with Gasteiger partial charge < -0.3 is 19.5 Å². The van der Waals surface area contributed by atoms with Gasteiger partial charge in [-0.05, 0) is 42.7 Å². The maximum Gasteiger partial charge on any atom is 0.526 e. The van der Waals surface area contributed by atoms with Gasteiger partial charge in [0.25, 0.3) is 0 Å². The number of carboxylic acid groups (broad SMARTS) is 1. The molecule has 0 spiro atoms. The number of rotatable bonds is 4. The lowest BCUT2D eigenvalue weighted by Gasteiger charge is -2.28. The molecule has 24 heavy (non-hydrogen) atoms. The number of carboxylic acids is 1. The molecule has 1 aromatic rings. The summed E-state index contributed by atoms with van der Waals surface area (Å²) in [5.74, 6) is 0.283. The highest BCUT2D eigenvalue weighted by atomic mass is 32.2. The van der Waals surface area contributed by atoms with Crippen molar-refractivity contribution in [3.8, 4) is 5.75 Å². The molecule has 0 bridgehead atoms. The Morgan fingerprint density at radius 3 is 2.83 bits per heavy atom. The van der Waals surface area contributed by atoms with E-state index in [4.69, 9.17) is 9.39 Å². The van der Waals surface area contributed by atoms with Crippen LogP contribution in [-0.2, 0) is 4.74 Å². The summed E-state index contributed by atoms with van der Waals surface area (Å²) in [5.41, 5.74) is 1.14. The molecule has 7 heteroatoms. The van der Waals surface area contributed by atoms with Gasteiger partial charge in [-0.2, -0.15) is 0 Å². The fourth-order valence-corrected chi connectivity index (χ4v) is 5.19. The van der Waals surface area contributed by atoms with Crippen LogP contribution in [0, 0.1) is 5.92 Å². The first-order valence-corrected chi connectivity index (χ1v) is 9.43. The van der Waals surface area contributed by atoms with Gasteiger partial charge in [0.15, 0.2) is 0 Å². The van der Waals surface area contributed by atoms with Gasteiger partial charge in [-0.15, -0.1) is 11.8 Å². The van der Waals surface area contributed by atoms with Gasteiger partial charge in [0.1, 0.15) is 11.3 Å². The average Bonchev–Trinajstić information content (AvgIpc) is 3.36. The quantitative estimate of drug-likeness (QED) is 0.644. The van der Waals surface area contributed by atoms with Crippen molar-refractivity contribution in [3.05, 3.63) is 23.3 Å². The van der Waals surface area contributed by atoms with Gasteiger partial charge in [0.05, 0.1) is 0 Å². The summed E-state index contributed by atoms with van der Waals surface area (Å²) in [5, 5.41) is 20.1. The molecular formula is C17H21BO5S. The second kappa shape index (κ2) is 6.28. The minimum Gasteiger partial charge on any atom is -0.535 e. The number of thioether (sulfide) groups is 1. The van der Waals surface area contributed by atoms with Gasteiger partial charge in [-0.25, -0.2) is 4.79 Å². The zero-order valence-electron chi connectivity index (χ0n) is 13.6. The molecular weight excluding hydrogens is 327 g/mol. The SMILES string of the molecule is C[C@H](Sc1ccc2c(c1C(=O)O)OB(O)[C@H]1C[C@@H]21)C1CCOCC1. The van der Waals surface area contributed by atoms with Crippen LogP contribution in [0.4, 0.5) is 0 Å². The van der Waals surface area contributed by atoms with E-state index in [0.717, 1.165) is 42.9 Å². The van der Waals surface area contributed by atoms with Crippen LogP contribution in [-0.4, -0.2) is 41.7 Å². The van der Waals surface area contributed by atoms with Crippen LogP contribution >= 0.6 is 11.8 Å². The Morgan fingerprint density at radius 2 is 2.12 bits per heavy atom. The van der Waals surface area contributed by atoms with Crippen LogP contribution in [0.3, 0.4) is 0 Å². The van der Waals surface area contributed by atoms with Crippen molar-refractivity contribution in [2.45, 2.75) is 48.1 Å². The molecule has 2 fully saturated rings. The summed E-state index contributed by atoms with van der Waals surface area (Å²) in [4.78, 5) is 12.6. The van der Waals surface area contributed by atoms with E-state index >= 15 is 0 Å². The first-order valence-electron chi connectivity index (χ1n) is 8.55. The topological polar surface area (TPSA) is 76.0 Å². The summed E-state index contributed by atoms with van der Waals surface area (Å²) < 4.78 is 11.0. The molecule has 128 valence electrons. The Labute approximate surface area is 145 Å². The predicted octanol–water partition coefficient (Wildman–Crippen LogP) is 3.02. The van der Waals surface area contributed by atoms with Crippen LogP contribution in [0.1, 0.15) is 48.0 Å². The molecule has 1 saturated heterocycles. The highest BCUT2D eigenvalue weighted by molar-refractivity contribution is 8.00. The molecule has 2 heterocycles. The molecule has 2 aliphatic heterocycles. The minimum atomic E-state index is -0.986. The van der Waals surface area contributed by atoms with E-state index in [-0.39, 0.29) is 17.3 Å². The summed E-state index contributed by atoms with van der Waals surface area (Å²) >= 11 is 1.60. The number of fused-ring (bicyclic) bond motifs is 3. The number of hydrogen-bond acceptors (Lipinski definition) is 5. The normalized spacial score (nSPS) is 27.0. The Bertz CT molecular complexity index is 661. The Kier molecular flexibility index (Phi) is 4.27. The maximum absolute atomic E-state index is 11.9. The van der Waals surface area contributed by atoms with Crippen LogP contribution in [0.15, 0.2) is 17.0 Å². The summed E-state index contributed by atoms with van der Waals surface area (Å²) in [6, 6.07) is 3.90. The van der Waals surface area contributed by atoms with Crippen LogP contribution in [0.25, 0.3) is 0 Å². The molecule has 1 aliphatic carbocycles. The van der Waals surface area contributed by atoms with Crippen molar-refractivity contribution in [2.75, 3.05) is 13.2 Å². The lowest BCUT2D eigenvalue weighted by Crippen LogP contribution is -2.28. The predicted molar refractivity (Wildman–Crippen MR) is 92.0 cm³/mol. The third-order valence-corrected chi connectivity index (χ3v) is 6.80. The van der Waals surface area contributed by atoms with Crippen LogP contribution in [0.2, 0.25) is 5.82 Å². The molecule has 4 rings (SSSR count). The van der Waals surface area contributed by atoms with Gasteiger partial charge in [-0.3, -0.25) is 0 Å². The van der Waals surface area contributed by atoms with E-state index in [0.29, 0.717) is 16.9 Å². The second-order valence-corrected chi connectivity index (χ2v) is 8.37. The Balaban J connectivity index is 1.63. The van der Waals surface area contributed by atoms with Gasteiger partial charge in [0.2, 0.25) is 0 Å². The van der Waals surface area contributed by atoms with E-state index < -0.39 is 13.1 Å². The smallest absolute Gasteiger partial charge is 0.526 e. The van der Waals surface area contributed by atoms with Crippen molar-refractivity contribution >= 4 is 24.8 Å². The van der Waals surface area contributed by atoms with E-state index in [1.54, 1.807) is 11.8 Å². The second-order valence-electron chi connectivity index (χ2n) is 6.95. The molecule has 1 saturated carbocycles. The first kappa shape index (κ1) is 16.3. The molecule has 5 nitrogen and oxygen atoms in total. The molecule has 0 aromatic heterocycles. The van der Waals surface area contributed by atoms with E-state index in [1.165, 1.54) is 0 Å². The number of ether oxygens (including phenoxy) is 1. The molecule has 0 radical (unpaired) electrons. The number of benzene rings is 1. The summed E-state index contributed by atoms with van der Waals surface area (Å²) in [7, 11) is -0.881. The molecule has 0 amide bonds. The van der Waals surface area contributed by atoms with Crippen molar-refractivity contribution in [1.29, 1.82) is 0 Å². The van der Waals surface area contributed by atoms with Gasteiger partial charge >= 0.3 is 13.1 Å². The fourth-order valence-electron chi connectivity index (χ4n) is 3.88. The lowest BCUT2D eigenvalue weighted by atomic mass is 9.77. The average molecular weight is 348 g/mol. The van der Waals surface area contributed by atoms with E-state index in [9.17, 15) is 14.9 Å². The first-order chi connectivity index (χ1) is 11.6. The van der Waals surface area contributed by atoms with E-state index in [1.807, 2.05) is 12.1 Å². The zero-order chi connectivity index (χ0) is 16.8. The fraction of sp³-hybridized carbons (Fsp3) is 0.588. The zero-order valence-corrected chi connectivity index (χ0v) is 14.4. The molecule has 3 atom stereocenters. The van der Waals surface area contributed by atoms with Gasteiger partial charge in [-0.1, -0.05) is 13.0 Å². The minimum absolute atomic E-state index is 0.124. The molecule has 0 unspecified atom stereocenters. The summed E-state index contributed by atoms with van der Waals surface area (Å²) in [6.45, 7) is 3.71. The van der Waals surface area contributed by atoms with Crippen molar-refractivity contribution in [3.63, 3.8) is 0 Å². The standard InChI is InChI=1S/C17H21BO5S/c1-9(10-4-6-22-7-5-10)24-14-3-2-11-12-8-13(12)18(21)23-16(11)15(14)17(19)20/h2-3,9-10,12-13,21H,4-8H2,1H3,(H,19,20)/t9-,12-,13-/m0/s1. The molecule has 3 aliphatic rings. The maximum atomic E-state index is 11.9. The number of aromatic carboxylic acids is 1. The van der Waals surface area contributed by atoms with Crippen molar-refractivity contribution in [2.24, 2.45) is 5.92 Å². The van der Waals surface area contributed by atoms with Crippen LogP contribution in [0.5, 0.6) is 5.75 Å². The van der Waals surface area contributed by atoms with Gasteiger partial charge in [0, 0.05) is 29.2 Å². The largest absolute Gasteiger partial charge is 0.535 e. The number of carbonyl (C=O) groups is 1. The Morgan fingerprint density at radius 1 is 1.38 bits per heavy atom. The third-order valence-electron chi connectivity index (χ3n) is 5.45. The molecule has 2 N–H and O–H groups in total. The van der Waals surface area contributed by atoms with Crippen LogP contribution < -0.4 is 4.65 Å². The Hall–Kier alpha value is -1.18.